The van der Waals surface area contributed by atoms with Gasteiger partial charge in [0.25, 0.3) is 0 Å². The van der Waals surface area contributed by atoms with E-state index in [9.17, 15) is 5.11 Å². The largest absolute Gasteiger partial charge is 0.388 e. The van der Waals surface area contributed by atoms with Crippen LogP contribution in [0, 0.1) is 5.92 Å². The Balaban J connectivity index is 2.73. The molecule has 0 aliphatic heterocycles. The first-order valence-corrected chi connectivity index (χ1v) is 4.61. The zero-order valence-electron chi connectivity index (χ0n) is 8.14. The number of hydrogen-bond donors (Lipinski definition) is 1. The van der Waals surface area contributed by atoms with Crippen LogP contribution in [0.15, 0.2) is 42.5 Å². The lowest BCUT2D eigenvalue weighted by Gasteiger charge is -2.15. The second-order valence-electron chi connectivity index (χ2n) is 3.24. The summed E-state index contributed by atoms with van der Waals surface area (Å²) in [5.74, 6) is 0.174. The lowest BCUT2D eigenvalue weighted by Crippen LogP contribution is -2.06. The molecule has 0 amide bonds. The Bertz CT molecular complexity index is 264. The van der Waals surface area contributed by atoms with Crippen LogP contribution in [0.1, 0.15) is 25.5 Å². The topological polar surface area (TPSA) is 20.2 Å². The molecule has 1 aromatic carbocycles. The smallest absolute Gasteiger partial charge is 0.0849 e. The van der Waals surface area contributed by atoms with Crippen molar-refractivity contribution in [2.75, 3.05) is 0 Å². The SMILES string of the molecule is C/C=C/[C@H](C)[C@@H](O)c1ccccc1. The molecule has 0 saturated heterocycles. The van der Waals surface area contributed by atoms with Gasteiger partial charge in [0.2, 0.25) is 0 Å². The highest BCUT2D eigenvalue weighted by molar-refractivity contribution is 5.18. The van der Waals surface area contributed by atoms with Crippen molar-refractivity contribution in [1.82, 2.24) is 0 Å². The first-order valence-electron chi connectivity index (χ1n) is 4.61. The van der Waals surface area contributed by atoms with Gasteiger partial charge in [0.15, 0.2) is 0 Å². The lowest BCUT2D eigenvalue weighted by atomic mass is 9.97. The van der Waals surface area contributed by atoms with Gasteiger partial charge in [-0.2, -0.15) is 0 Å². The number of aliphatic hydroxyl groups is 1. The van der Waals surface area contributed by atoms with Crippen molar-refractivity contribution in [3.05, 3.63) is 48.0 Å². The minimum Gasteiger partial charge on any atom is -0.388 e. The van der Waals surface area contributed by atoms with E-state index in [0.717, 1.165) is 5.56 Å². The molecule has 0 spiro atoms. The zero-order valence-corrected chi connectivity index (χ0v) is 8.14. The van der Waals surface area contributed by atoms with Crippen LogP contribution in [0.3, 0.4) is 0 Å². The Kier molecular flexibility index (Phi) is 3.71. The monoisotopic (exact) mass is 176 g/mol. The van der Waals surface area contributed by atoms with Crippen LogP contribution in [0.4, 0.5) is 0 Å². The van der Waals surface area contributed by atoms with E-state index in [-0.39, 0.29) is 5.92 Å². The van der Waals surface area contributed by atoms with Gasteiger partial charge in [-0.25, -0.2) is 0 Å². The van der Waals surface area contributed by atoms with Crippen LogP contribution in [-0.4, -0.2) is 5.11 Å². The maximum absolute atomic E-state index is 9.87. The van der Waals surface area contributed by atoms with E-state index in [4.69, 9.17) is 0 Å². The van der Waals surface area contributed by atoms with Crippen molar-refractivity contribution < 1.29 is 5.11 Å². The average Bonchev–Trinajstić information content (AvgIpc) is 2.18. The molecule has 13 heavy (non-hydrogen) atoms. The third-order valence-corrected chi connectivity index (χ3v) is 2.14. The van der Waals surface area contributed by atoms with Crippen LogP contribution in [0.2, 0.25) is 0 Å². The Labute approximate surface area is 79.7 Å². The summed E-state index contributed by atoms with van der Waals surface area (Å²) in [6.45, 7) is 3.98. The molecule has 1 nitrogen and oxygen atoms in total. The van der Waals surface area contributed by atoms with Crippen LogP contribution >= 0.6 is 0 Å². The molecule has 1 heteroatoms. The molecule has 0 aromatic heterocycles. The third kappa shape index (κ3) is 2.71. The Hall–Kier alpha value is -1.08. The summed E-state index contributed by atoms with van der Waals surface area (Å²) in [4.78, 5) is 0. The van der Waals surface area contributed by atoms with Crippen molar-refractivity contribution >= 4 is 0 Å². The van der Waals surface area contributed by atoms with Crippen LogP contribution in [-0.2, 0) is 0 Å². The number of aliphatic hydroxyl groups excluding tert-OH is 1. The van der Waals surface area contributed by atoms with Gasteiger partial charge in [0.1, 0.15) is 0 Å². The van der Waals surface area contributed by atoms with E-state index in [1.807, 2.05) is 56.3 Å². The van der Waals surface area contributed by atoms with E-state index in [1.165, 1.54) is 0 Å². The van der Waals surface area contributed by atoms with E-state index in [2.05, 4.69) is 0 Å². The summed E-state index contributed by atoms with van der Waals surface area (Å²) in [6, 6.07) is 9.74. The minimum absolute atomic E-state index is 0.174. The van der Waals surface area contributed by atoms with Crippen LogP contribution in [0.5, 0.6) is 0 Å². The number of allylic oxidation sites excluding steroid dienone is 1. The molecule has 0 heterocycles. The van der Waals surface area contributed by atoms with Crippen molar-refractivity contribution in [1.29, 1.82) is 0 Å². The van der Waals surface area contributed by atoms with Gasteiger partial charge >= 0.3 is 0 Å². The molecular weight excluding hydrogens is 160 g/mol. The van der Waals surface area contributed by atoms with Gasteiger partial charge in [0, 0.05) is 5.92 Å². The first kappa shape index (κ1) is 10.0. The minimum atomic E-state index is -0.391. The van der Waals surface area contributed by atoms with E-state index in [1.54, 1.807) is 0 Å². The lowest BCUT2D eigenvalue weighted by molar-refractivity contribution is 0.139. The number of hydrogen-bond acceptors (Lipinski definition) is 1. The highest BCUT2D eigenvalue weighted by atomic mass is 16.3. The van der Waals surface area contributed by atoms with E-state index in [0.29, 0.717) is 0 Å². The molecule has 0 bridgehead atoms. The normalized spacial score (nSPS) is 15.9. The highest BCUT2D eigenvalue weighted by Gasteiger charge is 2.12. The van der Waals surface area contributed by atoms with Crippen LogP contribution in [0.25, 0.3) is 0 Å². The highest BCUT2D eigenvalue weighted by Crippen LogP contribution is 2.21. The summed E-state index contributed by atoms with van der Waals surface area (Å²) < 4.78 is 0. The van der Waals surface area contributed by atoms with Gasteiger partial charge < -0.3 is 5.11 Å². The summed E-state index contributed by atoms with van der Waals surface area (Å²) in [7, 11) is 0. The molecule has 0 saturated carbocycles. The predicted octanol–water partition coefficient (Wildman–Crippen LogP) is 2.93. The molecule has 0 aliphatic rings. The van der Waals surface area contributed by atoms with Crippen LogP contribution < -0.4 is 0 Å². The Morgan fingerprint density at radius 3 is 2.38 bits per heavy atom. The molecule has 0 radical (unpaired) electrons. The number of benzene rings is 1. The molecule has 70 valence electrons. The van der Waals surface area contributed by atoms with Gasteiger partial charge in [-0.15, -0.1) is 0 Å². The molecule has 1 rings (SSSR count). The summed E-state index contributed by atoms with van der Waals surface area (Å²) in [5.41, 5.74) is 0.980. The second kappa shape index (κ2) is 4.83. The quantitative estimate of drug-likeness (QED) is 0.702. The fraction of sp³-hybridized carbons (Fsp3) is 0.333. The number of rotatable bonds is 3. The van der Waals surface area contributed by atoms with Crippen molar-refractivity contribution in [3.63, 3.8) is 0 Å². The van der Waals surface area contributed by atoms with Crippen molar-refractivity contribution in [2.24, 2.45) is 5.92 Å². The summed E-state index contributed by atoms with van der Waals surface area (Å²) in [6.07, 6.45) is 3.59. The van der Waals surface area contributed by atoms with Gasteiger partial charge in [-0.05, 0) is 12.5 Å². The van der Waals surface area contributed by atoms with E-state index >= 15 is 0 Å². The van der Waals surface area contributed by atoms with Gasteiger partial charge in [-0.3, -0.25) is 0 Å². The van der Waals surface area contributed by atoms with Gasteiger partial charge in [0.05, 0.1) is 6.10 Å². The first-order chi connectivity index (χ1) is 6.25. The average molecular weight is 176 g/mol. The molecule has 0 aliphatic carbocycles. The molecular formula is C12H16O. The van der Waals surface area contributed by atoms with Crippen molar-refractivity contribution in [2.45, 2.75) is 20.0 Å². The molecule has 1 aromatic rings. The molecule has 1 N–H and O–H groups in total. The predicted molar refractivity (Wildman–Crippen MR) is 55.4 cm³/mol. The second-order valence-corrected chi connectivity index (χ2v) is 3.24. The maximum Gasteiger partial charge on any atom is 0.0849 e. The Morgan fingerprint density at radius 1 is 1.23 bits per heavy atom. The molecule has 2 atom stereocenters. The molecule has 0 unspecified atom stereocenters. The summed E-state index contributed by atoms with van der Waals surface area (Å²) >= 11 is 0. The molecule has 0 fully saturated rings. The zero-order chi connectivity index (χ0) is 9.68. The standard InChI is InChI=1S/C12H16O/c1-3-7-10(2)12(13)11-8-5-4-6-9-11/h3-10,12-13H,1-2H3/b7-3+/t10-,12+/m0/s1. The van der Waals surface area contributed by atoms with Gasteiger partial charge in [-0.1, -0.05) is 49.4 Å². The van der Waals surface area contributed by atoms with E-state index < -0.39 is 6.10 Å². The third-order valence-electron chi connectivity index (χ3n) is 2.14. The van der Waals surface area contributed by atoms with Crippen molar-refractivity contribution in [3.8, 4) is 0 Å². The summed E-state index contributed by atoms with van der Waals surface area (Å²) in [5, 5.41) is 9.87. The fourth-order valence-corrected chi connectivity index (χ4v) is 1.36. The fourth-order valence-electron chi connectivity index (χ4n) is 1.36. The Morgan fingerprint density at radius 2 is 1.85 bits per heavy atom. The maximum atomic E-state index is 9.87.